The summed E-state index contributed by atoms with van der Waals surface area (Å²) >= 11 is 6.24. The van der Waals surface area contributed by atoms with Crippen molar-refractivity contribution in [1.82, 2.24) is 10.2 Å². The van der Waals surface area contributed by atoms with E-state index in [0.29, 0.717) is 17.9 Å². The number of carbonyl (C=O) groups is 2. The largest absolute Gasteiger partial charge is 0.352 e. The first kappa shape index (κ1) is 30.6. The zero-order valence-corrected chi connectivity index (χ0v) is 25.0. The molecule has 0 saturated heterocycles. The molecule has 0 bridgehead atoms. The van der Waals surface area contributed by atoms with E-state index in [4.69, 9.17) is 11.6 Å². The molecule has 0 unspecified atom stereocenters. The molecule has 9 heteroatoms. The van der Waals surface area contributed by atoms with Crippen LogP contribution in [0.2, 0.25) is 5.02 Å². The number of rotatable bonds is 12. The van der Waals surface area contributed by atoms with Gasteiger partial charge in [0.1, 0.15) is 12.6 Å². The van der Waals surface area contributed by atoms with Gasteiger partial charge in [-0.05, 0) is 61.6 Å². The highest BCUT2D eigenvalue weighted by atomic mass is 35.5. The maximum atomic E-state index is 14.1. The van der Waals surface area contributed by atoms with Crippen molar-refractivity contribution in [1.29, 1.82) is 0 Å². The summed E-state index contributed by atoms with van der Waals surface area (Å²) in [6.07, 6.45) is 6.11. The monoisotopic (exact) mass is 595 g/mol. The van der Waals surface area contributed by atoms with Crippen LogP contribution in [-0.4, -0.2) is 50.3 Å². The number of nitrogens with zero attached hydrogens (tertiary/aromatic N) is 2. The zero-order valence-electron chi connectivity index (χ0n) is 23.4. The molecular weight excluding hydrogens is 558 g/mol. The number of nitrogens with one attached hydrogen (secondary N) is 1. The van der Waals surface area contributed by atoms with Crippen molar-refractivity contribution in [3.05, 3.63) is 95.5 Å². The van der Waals surface area contributed by atoms with Crippen molar-refractivity contribution in [2.45, 2.75) is 68.8 Å². The molecule has 41 heavy (non-hydrogen) atoms. The molecule has 2 amide bonds. The maximum absolute atomic E-state index is 14.1. The van der Waals surface area contributed by atoms with Gasteiger partial charge in [-0.3, -0.25) is 13.9 Å². The van der Waals surface area contributed by atoms with E-state index in [9.17, 15) is 18.0 Å². The summed E-state index contributed by atoms with van der Waals surface area (Å²) in [6.45, 7) is 1.68. The minimum absolute atomic E-state index is 0.0608. The second-order valence-electron chi connectivity index (χ2n) is 10.4. The van der Waals surface area contributed by atoms with Gasteiger partial charge in [-0.15, -0.1) is 0 Å². The fraction of sp³-hybridized carbons (Fsp3) is 0.375. The summed E-state index contributed by atoms with van der Waals surface area (Å²) in [6, 6.07) is 23.5. The molecule has 1 fully saturated rings. The Morgan fingerprint density at radius 1 is 0.927 bits per heavy atom. The fourth-order valence-corrected chi connectivity index (χ4v) is 6.93. The molecule has 0 spiro atoms. The molecule has 1 aliphatic rings. The molecule has 1 atom stereocenters. The van der Waals surface area contributed by atoms with Crippen molar-refractivity contribution in [3.8, 4) is 0 Å². The molecule has 0 aromatic heterocycles. The maximum Gasteiger partial charge on any atom is 0.264 e. The van der Waals surface area contributed by atoms with Crippen molar-refractivity contribution in [2.24, 2.45) is 0 Å². The molecule has 1 aliphatic carbocycles. The van der Waals surface area contributed by atoms with Gasteiger partial charge in [0.25, 0.3) is 10.0 Å². The van der Waals surface area contributed by atoms with E-state index in [1.165, 1.54) is 24.6 Å². The Labute approximate surface area is 248 Å². The Balaban J connectivity index is 1.65. The number of halogens is 1. The molecule has 7 nitrogen and oxygen atoms in total. The van der Waals surface area contributed by atoms with Gasteiger partial charge in [0, 0.05) is 17.6 Å². The summed E-state index contributed by atoms with van der Waals surface area (Å²) in [4.78, 5) is 29.3. The topological polar surface area (TPSA) is 86.8 Å². The number of hydrogen-bond acceptors (Lipinski definition) is 4. The first-order chi connectivity index (χ1) is 19.8. The Kier molecular flexibility index (Phi) is 10.8. The highest BCUT2D eigenvalue weighted by molar-refractivity contribution is 7.92. The standard InChI is InChI=1S/C32H38ClN3O4S/c1-2-30(32(38)34-27-16-8-4-9-17-27)35(22-21-25-13-6-3-7-14-25)31(37)24-36(28-18-12-15-26(33)23-28)41(39,40)29-19-10-5-11-20-29/h3,5-7,10-15,18-20,23,27,30H,2,4,8-9,16-17,21-22,24H2,1H3,(H,34,38)/t30-/m0/s1. The second-order valence-corrected chi connectivity index (χ2v) is 12.7. The van der Waals surface area contributed by atoms with Gasteiger partial charge in [0.15, 0.2) is 0 Å². The third-order valence-electron chi connectivity index (χ3n) is 7.53. The third-order valence-corrected chi connectivity index (χ3v) is 9.55. The van der Waals surface area contributed by atoms with E-state index in [1.807, 2.05) is 37.3 Å². The zero-order chi connectivity index (χ0) is 29.2. The summed E-state index contributed by atoms with van der Waals surface area (Å²) < 4.78 is 28.8. The molecule has 0 radical (unpaired) electrons. The number of anilines is 1. The van der Waals surface area contributed by atoms with Crippen LogP contribution in [0.5, 0.6) is 0 Å². The molecule has 0 heterocycles. The second kappa shape index (κ2) is 14.5. The van der Waals surface area contributed by atoms with E-state index >= 15 is 0 Å². The molecular formula is C32H38ClN3O4S. The van der Waals surface area contributed by atoms with Crippen LogP contribution in [0.15, 0.2) is 89.8 Å². The number of benzene rings is 3. The normalized spacial score (nSPS) is 14.7. The van der Waals surface area contributed by atoms with Crippen molar-refractivity contribution in [2.75, 3.05) is 17.4 Å². The van der Waals surface area contributed by atoms with Gasteiger partial charge >= 0.3 is 0 Å². The third kappa shape index (κ3) is 8.11. The average molecular weight is 596 g/mol. The average Bonchev–Trinajstić information content (AvgIpc) is 2.99. The minimum Gasteiger partial charge on any atom is -0.352 e. The molecule has 1 saturated carbocycles. The Hall–Kier alpha value is -3.36. The predicted molar refractivity (Wildman–Crippen MR) is 163 cm³/mol. The van der Waals surface area contributed by atoms with Crippen LogP contribution < -0.4 is 9.62 Å². The van der Waals surface area contributed by atoms with Crippen LogP contribution in [0, 0.1) is 0 Å². The molecule has 3 aromatic carbocycles. The van der Waals surface area contributed by atoms with E-state index in [0.717, 1.165) is 35.6 Å². The predicted octanol–water partition coefficient (Wildman–Crippen LogP) is 5.83. The lowest BCUT2D eigenvalue weighted by molar-refractivity contribution is -0.140. The van der Waals surface area contributed by atoms with Crippen molar-refractivity contribution in [3.63, 3.8) is 0 Å². The fourth-order valence-electron chi connectivity index (χ4n) is 5.32. The van der Waals surface area contributed by atoms with Gasteiger partial charge in [-0.2, -0.15) is 0 Å². The summed E-state index contributed by atoms with van der Waals surface area (Å²) in [5.74, 6) is -0.646. The van der Waals surface area contributed by atoms with Crippen molar-refractivity contribution < 1.29 is 18.0 Å². The molecule has 0 aliphatic heterocycles. The minimum atomic E-state index is -4.12. The quantitative estimate of drug-likeness (QED) is 0.285. The lowest BCUT2D eigenvalue weighted by Gasteiger charge is -2.34. The highest BCUT2D eigenvalue weighted by Crippen LogP contribution is 2.27. The number of hydrogen-bond donors (Lipinski definition) is 1. The first-order valence-corrected chi connectivity index (χ1v) is 16.1. The van der Waals surface area contributed by atoms with Crippen LogP contribution in [0.25, 0.3) is 0 Å². The number of carbonyl (C=O) groups excluding carboxylic acids is 2. The SMILES string of the molecule is CC[C@@H](C(=O)NC1CCCCC1)N(CCc1ccccc1)C(=O)CN(c1cccc(Cl)c1)S(=O)(=O)c1ccccc1. The highest BCUT2D eigenvalue weighted by Gasteiger charge is 2.34. The van der Waals surface area contributed by atoms with Crippen LogP contribution in [0.3, 0.4) is 0 Å². The molecule has 3 aromatic rings. The molecule has 4 rings (SSSR count). The summed E-state index contributed by atoms with van der Waals surface area (Å²) in [5.41, 5.74) is 1.30. The van der Waals surface area contributed by atoms with E-state index in [-0.39, 0.29) is 29.1 Å². The first-order valence-electron chi connectivity index (χ1n) is 14.3. The van der Waals surface area contributed by atoms with Gasteiger partial charge in [0.05, 0.1) is 10.6 Å². The smallest absolute Gasteiger partial charge is 0.264 e. The van der Waals surface area contributed by atoms with Crippen LogP contribution >= 0.6 is 11.6 Å². The Bertz CT molecular complexity index is 1400. The van der Waals surface area contributed by atoms with Gasteiger partial charge < -0.3 is 10.2 Å². The van der Waals surface area contributed by atoms with Gasteiger partial charge in [-0.1, -0.05) is 92.4 Å². The van der Waals surface area contributed by atoms with Crippen molar-refractivity contribution >= 4 is 39.1 Å². The van der Waals surface area contributed by atoms with E-state index in [1.54, 1.807) is 41.3 Å². The number of sulfonamides is 1. The summed E-state index contributed by atoms with van der Waals surface area (Å²) in [7, 11) is -4.12. The Morgan fingerprint density at radius 3 is 2.22 bits per heavy atom. The number of amides is 2. The van der Waals surface area contributed by atoms with E-state index < -0.39 is 28.5 Å². The molecule has 1 N–H and O–H groups in total. The van der Waals surface area contributed by atoms with Crippen LogP contribution in [-0.2, 0) is 26.0 Å². The molecule has 218 valence electrons. The summed E-state index contributed by atoms with van der Waals surface area (Å²) in [5, 5.41) is 3.52. The lowest BCUT2D eigenvalue weighted by Crippen LogP contribution is -2.54. The van der Waals surface area contributed by atoms with E-state index in [2.05, 4.69) is 5.32 Å². The Morgan fingerprint density at radius 2 is 1.59 bits per heavy atom. The van der Waals surface area contributed by atoms with Gasteiger partial charge in [0.2, 0.25) is 11.8 Å². The van der Waals surface area contributed by atoms with Crippen LogP contribution in [0.1, 0.15) is 51.0 Å². The lowest BCUT2D eigenvalue weighted by atomic mass is 9.95. The van der Waals surface area contributed by atoms with Crippen LogP contribution in [0.4, 0.5) is 5.69 Å². The van der Waals surface area contributed by atoms with Gasteiger partial charge in [-0.25, -0.2) is 8.42 Å².